The molecule has 0 radical (unpaired) electrons. The Hall–Kier alpha value is -0.900. The number of amides is 1. The van der Waals surface area contributed by atoms with Crippen molar-refractivity contribution in [2.24, 2.45) is 11.8 Å². The molecular formula is C16H25NO3. The van der Waals surface area contributed by atoms with Gasteiger partial charge in [-0.1, -0.05) is 0 Å². The van der Waals surface area contributed by atoms with Gasteiger partial charge < -0.3 is 9.64 Å². The number of Topliss-reactive ketones (excluding diaryl/α,β-unsaturated/α-hetero) is 1. The minimum absolute atomic E-state index is 0.124. The average Bonchev–Trinajstić information content (AvgIpc) is 2.93. The summed E-state index contributed by atoms with van der Waals surface area (Å²) in [6, 6.07) is 0.189. The molecule has 0 aromatic heterocycles. The van der Waals surface area contributed by atoms with Crippen LogP contribution in [-0.2, 0) is 14.3 Å². The van der Waals surface area contributed by atoms with Crippen molar-refractivity contribution in [2.75, 3.05) is 19.8 Å². The molecule has 0 aromatic rings. The number of carbonyl (C=O) groups is 2. The fraction of sp³-hybridized carbons (Fsp3) is 0.875. The highest BCUT2D eigenvalue weighted by molar-refractivity contribution is 5.85. The first-order valence-corrected chi connectivity index (χ1v) is 8.18. The summed E-state index contributed by atoms with van der Waals surface area (Å²) in [6.07, 6.45) is 7.69. The summed E-state index contributed by atoms with van der Waals surface area (Å²) in [5.74, 6) is 0.930. The summed E-state index contributed by atoms with van der Waals surface area (Å²) >= 11 is 0. The number of hydrogen-bond donors (Lipinski definition) is 0. The summed E-state index contributed by atoms with van der Waals surface area (Å²) in [4.78, 5) is 26.9. The second-order valence-electron chi connectivity index (χ2n) is 6.45. The number of carbonyl (C=O) groups excluding carboxylic acids is 2. The Morgan fingerprint density at radius 3 is 2.55 bits per heavy atom. The SMILES string of the molecule is O=C1CCCC1C1CCCCN1C(=O)C1CCOCC1. The van der Waals surface area contributed by atoms with Gasteiger partial charge in [0.05, 0.1) is 0 Å². The Balaban J connectivity index is 1.71. The molecule has 4 heteroatoms. The van der Waals surface area contributed by atoms with Crippen LogP contribution in [0.1, 0.15) is 51.4 Å². The van der Waals surface area contributed by atoms with Crippen LogP contribution in [0.5, 0.6) is 0 Å². The van der Waals surface area contributed by atoms with Crippen LogP contribution in [0.4, 0.5) is 0 Å². The predicted molar refractivity (Wildman–Crippen MR) is 75.2 cm³/mol. The lowest BCUT2D eigenvalue weighted by atomic mass is 9.86. The van der Waals surface area contributed by atoms with E-state index in [4.69, 9.17) is 4.74 Å². The van der Waals surface area contributed by atoms with E-state index in [1.807, 2.05) is 0 Å². The number of ketones is 1. The number of nitrogens with zero attached hydrogens (tertiary/aromatic N) is 1. The van der Waals surface area contributed by atoms with Gasteiger partial charge in [-0.25, -0.2) is 0 Å². The number of likely N-dealkylation sites (tertiary alicyclic amines) is 1. The maximum absolute atomic E-state index is 12.8. The predicted octanol–water partition coefficient (Wildman–Crippen LogP) is 2.16. The molecule has 2 unspecified atom stereocenters. The molecule has 0 spiro atoms. The Morgan fingerprint density at radius 2 is 1.85 bits per heavy atom. The van der Waals surface area contributed by atoms with Crippen molar-refractivity contribution in [1.82, 2.24) is 4.90 Å². The number of hydrogen-bond acceptors (Lipinski definition) is 3. The molecule has 2 aliphatic heterocycles. The van der Waals surface area contributed by atoms with Crippen LogP contribution in [0.3, 0.4) is 0 Å². The molecule has 1 amide bonds. The van der Waals surface area contributed by atoms with Gasteiger partial charge in [-0.2, -0.15) is 0 Å². The molecule has 2 atom stereocenters. The first-order valence-electron chi connectivity index (χ1n) is 8.18. The second-order valence-corrected chi connectivity index (χ2v) is 6.45. The zero-order valence-corrected chi connectivity index (χ0v) is 12.2. The van der Waals surface area contributed by atoms with E-state index in [0.29, 0.717) is 19.0 Å². The minimum Gasteiger partial charge on any atom is -0.381 e. The quantitative estimate of drug-likeness (QED) is 0.778. The number of piperidine rings is 1. The van der Waals surface area contributed by atoms with Crippen molar-refractivity contribution in [3.05, 3.63) is 0 Å². The van der Waals surface area contributed by atoms with E-state index in [9.17, 15) is 9.59 Å². The number of ether oxygens (including phenoxy) is 1. The van der Waals surface area contributed by atoms with Crippen molar-refractivity contribution in [2.45, 2.75) is 57.4 Å². The van der Waals surface area contributed by atoms with E-state index in [1.54, 1.807) is 0 Å². The first kappa shape index (κ1) is 14.1. The van der Waals surface area contributed by atoms with Crippen LogP contribution in [-0.4, -0.2) is 42.4 Å². The fourth-order valence-corrected chi connectivity index (χ4v) is 4.08. The molecule has 3 rings (SSSR count). The number of rotatable bonds is 2. The third-order valence-corrected chi connectivity index (χ3v) is 5.22. The summed E-state index contributed by atoms with van der Waals surface area (Å²) in [5, 5.41) is 0. The molecule has 2 heterocycles. The lowest BCUT2D eigenvalue weighted by Crippen LogP contribution is -2.51. The molecule has 1 saturated carbocycles. The van der Waals surface area contributed by atoms with E-state index >= 15 is 0 Å². The van der Waals surface area contributed by atoms with Crippen LogP contribution in [0.25, 0.3) is 0 Å². The van der Waals surface area contributed by atoms with Gasteiger partial charge in [-0.05, 0) is 44.9 Å². The zero-order chi connectivity index (χ0) is 13.9. The van der Waals surface area contributed by atoms with Crippen molar-refractivity contribution in [1.29, 1.82) is 0 Å². The summed E-state index contributed by atoms with van der Waals surface area (Å²) in [6.45, 7) is 2.26. The zero-order valence-electron chi connectivity index (χ0n) is 12.2. The maximum Gasteiger partial charge on any atom is 0.226 e. The van der Waals surface area contributed by atoms with Crippen LogP contribution in [0.2, 0.25) is 0 Å². The standard InChI is InChI=1S/C16H25NO3/c18-15-6-3-4-13(15)14-5-1-2-9-17(14)16(19)12-7-10-20-11-8-12/h12-14H,1-11H2. The van der Waals surface area contributed by atoms with Gasteiger partial charge in [0, 0.05) is 44.1 Å². The van der Waals surface area contributed by atoms with Crippen LogP contribution in [0.15, 0.2) is 0 Å². The van der Waals surface area contributed by atoms with Gasteiger partial charge in [0.25, 0.3) is 0 Å². The molecule has 112 valence electrons. The molecule has 20 heavy (non-hydrogen) atoms. The third-order valence-electron chi connectivity index (χ3n) is 5.22. The van der Waals surface area contributed by atoms with E-state index in [1.165, 1.54) is 0 Å². The first-order chi connectivity index (χ1) is 9.77. The van der Waals surface area contributed by atoms with Gasteiger partial charge >= 0.3 is 0 Å². The molecule has 3 aliphatic rings. The van der Waals surface area contributed by atoms with Crippen LogP contribution < -0.4 is 0 Å². The molecule has 2 saturated heterocycles. The average molecular weight is 279 g/mol. The fourth-order valence-electron chi connectivity index (χ4n) is 4.08. The molecule has 0 aromatic carbocycles. The highest BCUT2D eigenvalue weighted by Crippen LogP contribution is 2.34. The topological polar surface area (TPSA) is 46.6 Å². The van der Waals surface area contributed by atoms with E-state index < -0.39 is 0 Å². The van der Waals surface area contributed by atoms with Gasteiger partial charge in [0.15, 0.2) is 0 Å². The molecule has 3 fully saturated rings. The van der Waals surface area contributed by atoms with Gasteiger partial charge in [0.1, 0.15) is 5.78 Å². The summed E-state index contributed by atoms with van der Waals surface area (Å²) < 4.78 is 5.36. The third kappa shape index (κ3) is 2.76. The van der Waals surface area contributed by atoms with Crippen LogP contribution in [0, 0.1) is 11.8 Å². The normalized spacial score (nSPS) is 32.6. The molecule has 0 N–H and O–H groups in total. The van der Waals surface area contributed by atoms with E-state index in [-0.39, 0.29) is 23.8 Å². The monoisotopic (exact) mass is 279 g/mol. The van der Waals surface area contributed by atoms with Gasteiger partial charge in [0.2, 0.25) is 5.91 Å². The van der Waals surface area contributed by atoms with Gasteiger partial charge in [-0.3, -0.25) is 9.59 Å². The second kappa shape index (κ2) is 6.25. The minimum atomic E-state index is 0.124. The molecular weight excluding hydrogens is 254 g/mol. The Morgan fingerprint density at radius 1 is 1.05 bits per heavy atom. The van der Waals surface area contributed by atoms with Crippen LogP contribution >= 0.6 is 0 Å². The van der Waals surface area contributed by atoms with Crippen molar-refractivity contribution in [3.8, 4) is 0 Å². The largest absolute Gasteiger partial charge is 0.381 e. The van der Waals surface area contributed by atoms with Gasteiger partial charge in [-0.15, -0.1) is 0 Å². The Bertz CT molecular complexity index is 376. The Labute approximate surface area is 120 Å². The highest BCUT2D eigenvalue weighted by atomic mass is 16.5. The molecule has 1 aliphatic carbocycles. The highest BCUT2D eigenvalue weighted by Gasteiger charge is 2.40. The Kier molecular flexibility index (Phi) is 4.39. The molecule has 4 nitrogen and oxygen atoms in total. The maximum atomic E-state index is 12.8. The van der Waals surface area contributed by atoms with Crippen molar-refractivity contribution in [3.63, 3.8) is 0 Å². The van der Waals surface area contributed by atoms with Crippen molar-refractivity contribution < 1.29 is 14.3 Å². The lowest BCUT2D eigenvalue weighted by molar-refractivity contribution is -0.144. The smallest absolute Gasteiger partial charge is 0.226 e. The van der Waals surface area contributed by atoms with Crippen molar-refractivity contribution >= 4 is 11.7 Å². The van der Waals surface area contributed by atoms with E-state index in [2.05, 4.69) is 4.90 Å². The lowest BCUT2D eigenvalue weighted by Gasteiger charge is -2.41. The van der Waals surface area contributed by atoms with E-state index in [0.717, 1.165) is 57.9 Å². The summed E-state index contributed by atoms with van der Waals surface area (Å²) in [5.41, 5.74) is 0. The summed E-state index contributed by atoms with van der Waals surface area (Å²) in [7, 11) is 0. The molecule has 0 bridgehead atoms.